The van der Waals surface area contributed by atoms with Crippen LogP contribution in [0.25, 0.3) is 0 Å². The first kappa shape index (κ1) is 13.9. The summed E-state index contributed by atoms with van der Waals surface area (Å²) in [5.41, 5.74) is 2.84. The van der Waals surface area contributed by atoms with Crippen molar-refractivity contribution in [1.82, 2.24) is 4.57 Å². The number of thioether (sulfide) groups is 1. The van der Waals surface area contributed by atoms with Crippen molar-refractivity contribution in [3.63, 3.8) is 0 Å². The summed E-state index contributed by atoms with van der Waals surface area (Å²) in [6.07, 6.45) is 0. The number of aryl methyl sites for hydroxylation is 1. The fourth-order valence-electron chi connectivity index (χ4n) is 1.90. The van der Waals surface area contributed by atoms with Crippen LogP contribution in [0.5, 0.6) is 0 Å². The van der Waals surface area contributed by atoms with E-state index < -0.39 is 0 Å². The number of benzene rings is 1. The zero-order chi connectivity index (χ0) is 14.0. The summed E-state index contributed by atoms with van der Waals surface area (Å²) >= 11 is 1.43. The maximum atomic E-state index is 12.8. The molecule has 0 radical (unpaired) electrons. The van der Waals surface area contributed by atoms with Crippen LogP contribution >= 0.6 is 11.8 Å². The van der Waals surface area contributed by atoms with E-state index in [1.807, 2.05) is 31.5 Å². The zero-order valence-electron chi connectivity index (χ0n) is 11.2. The highest BCUT2D eigenvalue weighted by Crippen LogP contribution is 2.21. The van der Waals surface area contributed by atoms with Crippen LogP contribution in [0.2, 0.25) is 0 Å². The molecule has 0 saturated carbocycles. The maximum Gasteiger partial charge on any atom is 0.174 e. The number of hydrogen-bond donors (Lipinski definition) is 0. The molecule has 0 atom stereocenters. The Labute approximate surface area is 116 Å². The normalized spacial score (nSPS) is 10.7. The highest BCUT2D eigenvalue weighted by atomic mass is 32.2. The van der Waals surface area contributed by atoms with Gasteiger partial charge < -0.3 is 4.57 Å². The van der Waals surface area contributed by atoms with Crippen molar-refractivity contribution in [3.05, 3.63) is 53.1 Å². The molecule has 0 N–H and O–H groups in total. The first-order valence-electron chi connectivity index (χ1n) is 6.03. The first-order valence-corrected chi connectivity index (χ1v) is 7.02. The van der Waals surface area contributed by atoms with Crippen LogP contribution in [0.4, 0.5) is 4.39 Å². The number of aromatic nitrogens is 1. The molecule has 2 aromatic rings. The fraction of sp³-hybridized carbons (Fsp3) is 0.267. The molecule has 2 nitrogen and oxygen atoms in total. The number of hydrogen-bond acceptors (Lipinski definition) is 2. The first-order chi connectivity index (χ1) is 8.99. The molecule has 0 unspecified atom stereocenters. The van der Waals surface area contributed by atoms with Gasteiger partial charge in [-0.15, -0.1) is 11.8 Å². The monoisotopic (exact) mass is 277 g/mol. The maximum absolute atomic E-state index is 12.8. The second-order valence-electron chi connectivity index (χ2n) is 4.51. The van der Waals surface area contributed by atoms with Gasteiger partial charge in [0.2, 0.25) is 0 Å². The van der Waals surface area contributed by atoms with Gasteiger partial charge in [-0.3, -0.25) is 4.79 Å². The van der Waals surface area contributed by atoms with E-state index in [4.69, 9.17) is 0 Å². The van der Waals surface area contributed by atoms with Crippen molar-refractivity contribution in [3.8, 4) is 0 Å². The molecule has 1 aromatic heterocycles. The molecule has 2 rings (SSSR count). The minimum Gasteiger partial charge on any atom is -0.351 e. The smallest absolute Gasteiger partial charge is 0.174 e. The summed E-state index contributed by atoms with van der Waals surface area (Å²) in [7, 11) is 1.95. The van der Waals surface area contributed by atoms with E-state index in [2.05, 4.69) is 0 Å². The molecule has 1 aromatic carbocycles. The molecule has 0 bridgehead atoms. The highest BCUT2D eigenvalue weighted by molar-refractivity contribution is 8.00. The Morgan fingerprint density at radius 3 is 2.42 bits per heavy atom. The van der Waals surface area contributed by atoms with Crippen molar-refractivity contribution in [1.29, 1.82) is 0 Å². The van der Waals surface area contributed by atoms with Crippen molar-refractivity contribution in [2.75, 3.05) is 5.75 Å². The number of carbonyl (C=O) groups is 1. The molecular formula is C15H16FNOS. The molecule has 0 amide bonds. The van der Waals surface area contributed by atoms with E-state index in [-0.39, 0.29) is 11.6 Å². The lowest BCUT2D eigenvalue weighted by Gasteiger charge is -2.03. The number of ketones is 1. The van der Waals surface area contributed by atoms with E-state index in [9.17, 15) is 9.18 Å². The average Bonchev–Trinajstić information content (AvgIpc) is 2.65. The summed E-state index contributed by atoms with van der Waals surface area (Å²) in [5.74, 6) is 0.219. The molecule has 0 aliphatic rings. The van der Waals surface area contributed by atoms with Gasteiger partial charge in [-0.2, -0.15) is 0 Å². The van der Waals surface area contributed by atoms with Gasteiger partial charge in [0.25, 0.3) is 0 Å². The molecule has 0 aliphatic heterocycles. The summed E-state index contributed by atoms with van der Waals surface area (Å²) in [5, 5.41) is 0. The van der Waals surface area contributed by atoms with E-state index >= 15 is 0 Å². The van der Waals surface area contributed by atoms with Crippen molar-refractivity contribution < 1.29 is 9.18 Å². The number of nitrogens with zero attached hydrogens (tertiary/aromatic N) is 1. The summed E-state index contributed by atoms with van der Waals surface area (Å²) in [4.78, 5) is 13.1. The third-order valence-electron chi connectivity index (χ3n) is 3.26. The van der Waals surface area contributed by atoms with Crippen LogP contribution in [-0.4, -0.2) is 16.1 Å². The molecule has 0 saturated heterocycles. The molecule has 19 heavy (non-hydrogen) atoms. The van der Waals surface area contributed by atoms with E-state index in [1.54, 1.807) is 12.1 Å². The third kappa shape index (κ3) is 3.07. The number of halogens is 1. The van der Waals surface area contributed by atoms with Gasteiger partial charge in [0.05, 0.1) is 5.75 Å². The molecule has 1 heterocycles. The van der Waals surface area contributed by atoms with Gasteiger partial charge in [0, 0.05) is 28.9 Å². The Balaban J connectivity index is 2.05. The number of Topliss-reactive ketones (excluding diaryl/α,β-unsaturated/α-hetero) is 1. The quantitative estimate of drug-likeness (QED) is 0.627. The Morgan fingerprint density at radius 1 is 1.26 bits per heavy atom. The third-order valence-corrected chi connectivity index (χ3v) is 4.27. The largest absolute Gasteiger partial charge is 0.351 e. The Morgan fingerprint density at radius 2 is 1.89 bits per heavy atom. The second-order valence-corrected chi connectivity index (χ2v) is 5.56. The minimum atomic E-state index is -0.259. The predicted molar refractivity (Wildman–Crippen MR) is 76.3 cm³/mol. The van der Waals surface area contributed by atoms with E-state index in [0.717, 1.165) is 21.8 Å². The lowest BCUT2D eigenvalue weighted by atomic mass is 10.2. The van der Waals surface area contributed by atoms with Crippen LogP contribution in [0.15, 0.2) is 35.2 Å². The number of carbonyl (C=O) groups excluding carboxylic acids is 1. The van der Waals surface area contributed by atoms with Crippen LogP contribution in [0.1, 0.15) is 21.7 Å². The van der Waals surface area contributed by atoms with Gasteiger partial charge in [-0.1, -0.05) is 0 Å². The molecule has 0 aliphatic carbocycles. The SMILES string of the molecule is Cc1cc(C(=O)CSc2ccc(F)cc2)c(C)n1C. The molecule has 100 valence electrons. The van der Waals surface area contributed by atoms with Crippen LogP contribution < -0.4 is 0 Å². The van der Waals surface area contributed by atoms with Crippen molar-refractivity contribution in [2.45, 2.75) is 18.7 Å². The predicted octanol–water partition coefficient (Wildman–Crippen LogP) is 3.76. The van der Waals surface area contributed by atoms with Gasteiger partial charge in [0.1, 0.15) is 5.82 Å². The standard InChI is InChI=1S/C15H16FNOS/c1-10-8-14(11(2)17(10)3)15(18)9-19-13-6-4-12(16)5-7-13/h4-8H,9H2,1-3H3. The molecule has 0 spiro atoms. The van der Waals surface area contributed by atoms with Gasteiger partial charge in [0.15, 0.2) is 5.78 Å². The summed E-state index contributed by atoms with van der Waals surface area (Å²) in [6, 6.07) is 8.12. The van der Waals surface area contributed by atoms with Crippen molar-refractivity contribution >= 4 is 17.5 Å². The van der Waals surface area contributed by atoms with Crippen LogP contribution in [-0.2, 0) is 7.05 Å². The van der Waals surface area contributed by atoms with Gasteiger partial charge in [-0.05, 0) is 44.2 Å². The van der Waals surface area contributed by atoms with E-state index in [1.165, 1.54) is 23.9 Å². The van der Waals surface area contributed by atoms with E-state index in [0.29, 0.717) is 5.75 Å². The molecule has 0 fully saturated rings. The summed E-state index contributed by atoms with van der Waals surface area (Å²) < 4.78 is 14.8. The minimum absolute atomic E-state index is 0.107. The Bertz CT molecular complexity index is 601. The van der Waals surface area contributed by atoms with Crippen LogP contribution in [0.3, 0.4) is 0 Å². The fourth-order valence-corrected chi connectivity index (χ4v) is 2.68. The highest BCUT2D eigenvalue weighted by Gasteiger charge is 2.14. The van der Waals surface area contributed by atoms with Crippen LogP contribution in [0, 0.1) is 19.7 Å². The summed E-state index contributed by atoms with van der Waals surface area (Å²) in [6.45, 7) is 3.93. The topological polar surface area (TPSA) is 22.0 Å². The van der Waals surface area contributed by atoms with Crippen molar-refractivity contribution in [2.24, 2.45) is 7.05 Å². The lowest BCUT2D eigenvalue weighted by molar-refractivity contribution is 0.102. The average molecular weight is 277 g/mol. The molecule has 4 heteroatoms. The lowest BCUT2D eigenvalue weighted by Crippen LogP contribution is -2.04. The van der Waals surface area contributed by atoms with Gasteiger partial charge >= 0.3 is 0 Å². The second kappa shape index (κ2) is 5.61. The molecular weight excluding hydrogens is 261 g/mol. The zero-order valence-corrected chi connectivity index (χ0v) is 12.1. The number of rotatable bonds is 4. The Hall–Kier alpha value is -1.55. The Kier molecular flexibility index (Phi) is 4.10. The van der Waals surface area contributed by atoms with Gasteiger partial charge in [-0.25, -0.2) is 4.39 Å².